The molecule has 0 aliphatic carbocycles. The van der Waals surface area contributed by atoms with Crippen LogP contribution in [0, 0.1) is 5.82 Å². The number of nitrogens with one attached hydrogen (secondary N) is 1. The highest BCUT2D eigenvalue weighted by atomic mass is 35.5. The molecule has 1 aromatic heterocycles. The summed E-state index contributed by atoms with van der Waals surface area (Å²) in [7, 11) is 0. The summed E-state index contributed by atoms with van der Waals surface area (Å²) in [5.41, 5.74) is 2.17. The van der Waals surface area contributed by atoms with Crippen LogP contribution in [-0.4, -0.2) is 34.8 Å². The third kappa shape index (κ3) is 6.71. The maximum absolute atomic E-state index is 14.0. The minimum atomic E-state index is -0.389. The monoisotopic (exact) mass is 527 g/mol. The number of hydrogen-bond acceptors (Lipinski definition) is 4. The first-order valence-electron chi connectivity index (χ1n) is 12.5. The number of carbonyl (C=O) groups excluding carboxylic acids is 2. The van der Waals surface area contributed by atoms with Gasteiger partial charge in [0, 0.05) is 47.1 Å². The number of benzene rings is 2. The van der Waals surface area contributed by atoms with Crippen LogP contribution < -0.4 is 5.32 Å². The molecule has 1 aliphatic heterocycles. The van der Waals surface area contributed by atoms with Crippen LogP contribution >= 0.6 is 22.9 Å². The summed E-state index contributed by atoms with van der Waals surface area (Å²) in [6, 6.07) is 11.3. The van der Waals surface area contributed by atoms with Crippen LogP contribution in [0.1, 0.15) is 73.3 Å². The Morgan fingerprint density at radius 3 is 2.58 bits per heavy atom. The predicted molar refractivity (Wildman–Crippen MR) is 144 cm³/mol. The van der Waals surface area contributed by atoms with Gasteiger partial charge >= 0.3 is 0 Å². The Hall–Kier alpha value is -2.77. The zero-order chi connectivity index (χ0) is 25.5. The molecule has 1 fully saturated rings. The van der Waals surface area contributed by atoms with E-state index >= 15 is 0 Å². The number of unbranched alkanes of at least 4 members (excludes halogenated alkanes) is 3. The highest BCUT2D eigenvalue weighted by molar-refractivity contribution is 7.10. The first-order chi connectivity index (χ1) is 17.4. The Morgan fingerprint density at radius 2 is 1.86 bits per heavy atom. The molecule has 8 heteroatoms. The van der Waals surface area contributed by atoms with Crippen LogP contribution in [0.4, 0.5) is 10.1 Å². The molecule has 4 rings (SSSR count). The summed E-state index contributed by atoms with van der Waals surface area (Å²) < 4.78 is 14.0. The SMILES string of the molecule is CCCCCCC(=O)N1CCC(c2nc(C(=O)Nc3ccc(F)cc3-c3ccc(Cl)cc3)cs2)CC1. The van der Waals surface area contributed by atoms with Gasteiger partial charge in [-0.05, 0) is 55.2 Å². The van der Waals surface area contributed by atoms with Gasteiger partial charge in [-0.15, -0.1) is 11.3 Å². The smallest absolute Gasteiger partial charge is 0.275 e. The predicted octanol–water partition coefficient (Wildman–Crippen LogP) is 7.53. The third-order valence-electron chi connectivity index (χ3n) is 6.58. The van der Waals surface area contributed by atoms with Crippen molar-refractivity contribution in [1.29, 1.82) is 0 Å². The van der Waals surface area contributed by atoms with Gasteiger partial charge in [0.1, 0.15) is 11.5 Å². The molecule has 0 unspecified atom stereocenters. The molecule has 1 saturated heterocycles. The van der Waals surface area contributed by atoms with E-state index in [1.54, 1.807) is 35.7 Å². The largest absolute Gasteiger partial charge is 0.343 e. The van der Waals surface area contributed by atoms with Gasteiger partial charge in [-0.1, -0.05) is 49.9 Å². The van der Waals surface area contributed by atoms with E-state index < -0.39 is 0 Å². The first kappa shape index (κ1) is 26.3. The number of amides is 2. The number of halogens is 2. The van der Waals surface area contributed by atoms with Crippen molar-refractivity contribution < 1.29 is 14.0 Å². The highest BCUT2D eigenvalue weighted by Crippen LogP contribution is 2.32. The molecule has 36 heavy (non-hydrogen) atoms. The van der Waals surface area contributed by atoms with Gasteiger partial charge in [-0.2, -0.15) is 0 Å². The minimum Gasteiger partial charge on any atom is -0.343 e. The fourth-order valence-corrected chi connectivity index (χ4v) is 5.59. The second-order valence-electron chi connectivity index (χ2n) is 9.19. The molecule has 5 nitrogen and oxygen atoms in total. The van der Waals surface area contributed by atoms with Crippen molar-refractivity contribution in [3.63, 3.8) is 0 Å². The van der Waals surface area contributed by atoms with E-state index in [1.165, 1.54) is 36.3 Å². The van der Waals surface area contributed by atoms with Crippen LogP contribution in [0.3, 0.4) is 0 Å². The summed E-state index contributed by atoms with van der Waals surface area (Å²) in [4.78, 5) is 32.0. The minimum absolute atomic E-state index is 0.246. The van der Waals surface area contributed by atoms with Crippen molar-refractivity contribution in [2.75, 3.05) is 18.4 Å². The number of piperidine rings is 1. The van der Waals surface area contributed by atoms with Crippen LogP contribution in [-0.2, 0) is 4.79 Å². The molecule has 0 atom stereocenters. The summed E-state index contributed by atoms with van der Waals surface area (Å²) in [5, 5.41) is 6.16. The summed E-state index contributed by atoms with van der Waals surface area (Å²) >= 11 is 7.46. The molecule has 1 N–H and O–H groups in total. The quantitative estimate of drug-likeness (QED) is 0.292. The lowest BCUT2D eigenvalue weighted by Gasteiger charge is -2.31. The zero-order valence-corrected chi connectivity index (χ0v) is 22.0. The van der Waals surface area contributed by atoms with Crippen molar-refractivity contribution in [3.8, 4) is 11.1 Å². The Morgan fingerprint density at radius 1 is 1.11 bits per heavy atom. The van der Waals surface area contributed by atoms with E-state index in [0.29, 0.717) is 28.4 Å². The van der Waals surface area contributed by atoms with Crippen molar-refractivity contribution in [2.24, 2.45) is 0 Å². The second-order valence-corrected chi connectivity index (χ2v) is 10.5. The van der Waals surface area contributed by atoms with Gasteiger partial charge in [0.2, 0.25) is 5.91 Å². The Bertz CT molecular complexity index is 1190. The zero-order valence-electron chi connectivity index (χ0n) is 20.4. The molecular formula is C28H31ClFN3O2S. The van der Waals surface area contributed by atoms with Gasteiger partial charge in [-0.25, -0.2) is 9.37 Å². The highest BCUT2D eigenvalue weighted by Gasteiger charge is 2.26. The maximum Gasteiger partial charge on any atom is 0.275 e. The molecule has 0 spiro atoms. The van der Waals surface area contributed by atoms with Gasteiger partial charge in [0.05, 0.1) is 5.01 Å². The molecule has 0 bridgehead atoms. The fourth-order valence-electron chi connectivity index (χ4n) is 4.50. The molecule has 2 amide bonds. The van der Waals surface area contributed by atoms with Gasteiger partial charge in [0.25, 0.3) is 5.91 Å². The molecular weight excluding hydrogens is 497 g/mol. The lowest BCUT2D eigenvalue weighted by atomic mass is 9.97. The number of nitrogens with zero attached hydrogens (tertiary/aromatic N) is 2. The Kier molecular flexibility index (Phi) is 9.10. The normalized spacial score (nSPS) is 14.1. The average Bonchev–Trinajstić information content (AvgIpc) is 3.39. The number of rotatable bonds is 9. The first-order valence-corrected chi connectivity index (χ1v) is 13.8. The Labute approximate surface area is 220 Å². The van der Waals surface area contributed by atoms with E-state index in [1.807, 2.05) is 4.90 Å². The topological polar surface area (TPSA) is 62.3 Å². The van der Waals surface area contributed by atoms with E-state index in [9.17, 15) is 14.0 Å². The molecule has 190 valence electrons. The van der Waals surface area contributed by atoms with E-state index in [4.69, 9.17) is 11.6 Å². The third-order valence-corrected chi connectivity index (χ3v) is 7.84. The molecule has 0 radical (unpaired) electrons. The molecule has 2 aromatic carbocycles. The van der Waals surface area contributed by atoms with Crippen LogP contribution in [0.2, 0.25) is 5.02 Å². The summed E-state index contributed by atoms with van der Waals surface area (Å²) in [5.74, 6) is -0.227. The number of carbonyl (C=O) groups is 2. The average molecular weight is 528 g/mol. The van der Waals surface area contributed by atoms with Crippen LogP contribution in [0.15, 0.2) is 47.8 Å². The van der Waals surface area contributed by atoms with Crippen molar-refractivity contribution >= 4 is 40.4 Å². The van der Waals surface area contributed by atoms with Gasteiger partial charge < -0.3 is 10.2 Å². The fraction of sp³-hybridized carbons (Fsp3) is 0.393. The van der Waals surface area contributed by atoms with Crippen molar-refractivity contribution in [3.05, 3.63) is 69.4 Å². The number of aromatic nitrogens is 1. The molecule has 2 heterocycles. The number of thiazole rings is 1. The number of anilines is 1. The van der Waals surface area contributed by atoms with Crippen molar-refractivity contribution in [2.45, 2.75) is 57.8 Å². The van der Waals surface area contributed by atoms with Gasteiger partial charge in [-0.3, -0.25) is 9.59 Å². The lowest BCUT2D eigenvalue weighted by molar-refractivity contribution is -0.132. The molecule has 3 aromatic rings. The summed E-state index contributed by atoms with van der Waals surface area (Å²) in [6.45, 7) is 3.64. The number of likely N-dealkylation sites (tertiary alicyclic amines) is 1. The van der Waals surface area contributed by atoms with E-state index in [-0.39, 0.29) is 23.5 Å². The van der Waals surface area contributed by atoms with Crippen LogP contribution in [0.25, 0.3) is 11.1 Å². The summed E-state index contributed by atoms with van der Waals surface area (Å²) in [6.07, 6.45) is 6.77. The molecule has 0 saturated carbocycles. The molecule has 1 aliphatic rings. The van der Waals surface area contributed by atoms with E-state index in [0.717, 1.165) is 49.3 Å². The lowest BCUT2D eigenvalue weighted by Crippen LogP contribution is -2.37. The van der Waals surface area contributed by atoms with E-state index in [2.05, 4.69) is 17.2 Å². The second kappa shape index (κ2) is 12.5. The maximum atomic E-state index is 14.0. The number of hydrogen-bond donors (Lipinski definition) is 1. The Balaban J connectivity index is 1.36. The standard InChI is InChI=1S/C28H31ClFN3O2S/c1-2-3-4-5-6-26(34)33-15-13-20(14-16-33)28-32-25(18-36-28)27(35)31-24-12-11-22(30)17-23(24)19-7-9-21(29)10-8-19/h7-12,17-18,20H,2-6,13-16H2,1H3,(H,31,35). The van der Waals surface area contributed by atoms with Crippen LogP contribution in [0.5, 0.6) is 0 Å². The van der Waals surface area contributed by atoms with Gasteiger partial charge in [0.15, 0.2) is 0 Å². The van der Waals surface area contributed by atoms with Crippen molar-refractivity contribution in [1.82, 2.24) is 9.88 Å².